The van der Waals surface area contributed by atoms with Crippen LogP contribution < -0.4 is 5.32 Å². The Labute approximate surface area is 118 Å². The van der Waals surface area contributed by atoms with Gasteiger partial charge in [-0.25, -0.2) is 0 Å². The van der Waals surface area contributed by atoms with Gasteiger partial charge in [0.15, 0.2) is 0 Å². The molecular weight excluding hydrogens is 254 g/mol. The zero-order valence-electron chi connectivity index (χ0n) is 12.2. The summed E-state index contributed by atoms with van der Waals surface area (Å²) in [5.74, 6) is 0.0125. The minimum Gasteiger partial charge on any atom is -0.348 e. The molecule has 2 aromatic heterocycles. The lowest BCUT2D eigenvalue weighted by Crippen LogP contribution is -2.28. The molecule has 0 aliphatic heterocycles. The summed E-state index contributed by atoms with van der Waals surface area (Å²) in [7, 11) is 0. The van der Waals surface area contributed by atoms with Gasteiger partial charge in [0.2, 0.25) is 5.91 Å². The number of aromatic nitrogens is 4. The Morgan fingerprint density at radius 2 is 2.25 bits per heavy atom. The Hall–Kier alpha value is -2.11. The van der Waals surface area contributed by atoms with Crippen LogP contribution >= 0.6 is 0 Å². The molecule has 0 saturated heterocycles. The quantitative estimate of drug-likeness (QED) is 0.872. The highest BCUT2D eigenvalue weighted by molar-refractivity contribution is 5.76. The van der Waals surface area contributed by atoms with Gasteiger partial charge in [-0.1, -0.05) is 0 Å². The predicted molar refractivity (Wildman–Crippen MR) is 76.0 cm³/mol. The Morgan fingerprint density at radius 3 is 2.85 bits per heavy atom. The van der Waals surface area contributed by atoms with Crippen molar-refractivity contribution in [2.45, 2.75) is 46.3 Å². The maximum absolute atomic E-state index is 11.9. The molecule has 1 amide bonds. The molecule has 2 aromatic rings. The van der Waals surface area contributed by atoms with Crippen molar-refractivity contribution in [2.75, 3.05) is 0 Å². The molecule has 1 unspecified atom stereocenters. The van der Waals surface area contributed by atoms with E-state index in [0.29, 0.717) is 13.0 Å². The van der Waals surface area contributed by atoms with E-state index >= 15 is 0 Å². The third-order valence-corrected chi connectivity index (χ3v) is 3.29. The molecule has 2 rings (SSSR count). The number of carbonyl (C=O) groups is 1. The number of nitrogens with one attached hydrogen (secondary N) is 1. The van der Waals surface area contributed by atoms with Crippen LogP contribution in [0.15, 0.2) is 24.5 Å². The Bertz CT molecular complexity index is 572. The standard InChI is InChI=1S/C14H21N5O/c1-4-18-9-6-13(17-18)12(3)16-14(20)7-10-19-11(2)5-8-15-19/h5-6,8-9,12H,4,7,10H2,1-3H3,(H,16,20). The summed E-state index contributed by atoms with van der Waals surface area (Å²) in [4.78, 5) is 11.9. The molecule has 0 aliphatic rings. The molecule has 20 heavy (non-hydrogen) atoms. The molecular formula is C14H21N5O. The van der Waals surface area contributed by atoms with Crippen molar-refractivity contribution in [3.8, 4) is 0 Å². The maximum Gasteiger partial charge on any atom is 0.222 e. The Balaban J connectivity index is 1.83. The van der Waals surface area contributed by atoms with Crippen molar-refractivity contribution < 1.29 is 4.79 Å². The largest absolute Gasteiger partial charge is 0.348 e. The van der Waals surface area contributed by atoms with Gasteiger partial charge in [0.05, 0.1) is 11.7 Å². The van der Waals surface area contributed by atoms with Crippen LogP contribution in [-0.4, -0.2) is 25.5 Å². The van der Waals surface area contributed by atoms with E-state index in [1.807, 2.05) is 48.5 Å². The molecule has 0 saturated carbocycles. The fourth-order valence-electron chi connectivity index (χ4n) is 2.01. The van der Waals surface area contributed by atoms with Gasteiger partial charge >= 0.3 is 0 Å². The molecule has 1 atom stereocenters. The lowest BCUT2D eigenvalue weighted by Gasteiger charge is -2.12. The fraction of sp³-hybridized carbons (Fsp3) is 0.500. The molecule has 0 aliphatic carbocycles. The average Bonchev–Trinajstić information content (AvgIpc) is 3.05. The number of aryl methyl sites for hydroxylation is 3. The SMILES string of the molecule is CCn1ccc(C(C)NC(=O)CCn2nccc2C)n1. The van der Waals surface area contributed by atoms with Crippen molar-refractivity contribution in [1.29, 1.82) is 0 Å². The van der Waals surface area contributed by atoms with E-state index in [0.717, 1.165) is 17.9 Å². The number of hydrogen-bond acceptors (Lipinski definition) is 3. The minimum atomic E-state index is -0.0750. The van der Waals surface area contributed by atoms with Gasteiger partial charge in [-0.15, -0.1) is 0 Å². The maximum atomic E-state index is 11.9. The van der Waals surface area contributed by atoms with Crippen LogP contribution in [-0.2, 0) is 17.9 Å². The minimum absolute atomic E-state index is 0.0125. The van der Waals surface area contributed by atoms with E-state index in [1.54, 1.807) is 6.20 Å². The van der Waals surface area contributed by atoms with Gasteiger partial charge < -0.3 is 5.32 Å². The average molecular weight is 275 g/mol. The smallest absolute Gasteiger partial charge is 0.222 e. The first-order valence-electron chi connectivity index (χ1n) is 6.91. The van der Waals surface area contributed by atoms with Crippen LogP contribution in [0.5, 0.6) is 0 Å². The second-order valence-corrected chi connectivity index (χ2v) is 4.83. The first-order chi connectivity index (χ1) is 9.60. The fourth-order valence-corrected chi connectivity index (χ4v) is 2.01. The topological polar surface area (TPSA) is 64.7 Å². The van der Waals surface area contributed by atoms with Gasteiger partial charge in [-0.2, -0.15) is 10.2 Å². The van der Waals surface area contributed by atoms with Crippen molar-refractivity contribution in [3.63, 3.8) is 0 Å². The van der Waals surface area contributed by atoms with Crippen molar-refractivity contribution >= 4 is 5.91 Å². The van der Waals surface area contributed by atoms with Gasteiger partial charge in [-0.05, 0) is 32.9 Å². The zero-order valence-corrected chi connectivity index (χ0v) is 12.2. The van der Waals surface area contributed by atoms with Crippen molar-refractivity contribution in [2.24, 2.45) is 0 Å². The number of rotatable bonds is 6. The first kappa shape index (κ1) is 14.3. The first-order valence-corrected chi connectivity index (χ1v) is 6.91. The molecule has 108 valence electrons. The van der Waals surface area contributed by atoms with E-state index in [9.17, 15) is 4.79 Å². The summed E-state index contributed by atoms with van der Waals surface area (Å²) >= 11 is 0. The number of amides is 1. The number of nitrogens with zero attached hydrogens (tertiary/aromatic N) is 4. The highest BCUT2D eigenvalue weighted by Gasteiger charge is 2.12. The molecule has 0 bridgehead atoms. The molecule has 0 spiro atoms. The van der Waals surface area contributed by atoms with Crippen LogP contribution in [0.25, 0.3) is 0 Å². The van der Waals surface area contributed by atoms with E-state index < -0.39 is 0 Å². The molecule has 1 N–H and O–H groups in total. The molecule has 0 radical (unpaired) electrons. The monoisotopic (exact) mass is 275 g/mol. The van der Waals surface area contributed by atoms with Gasteiger partial charge in [0.25, 0.3) is 0 Å². The van der Waals surface area contributed by atoms with Crippen LogP contribution in [0.2, 0.25) is 0 Å². The normalized spacial score (nSPS) is 12.3. The summed E-state index contributed by atoms with van der Waals surface area (Å²) in [6, 6.07) is 3.79. The van der Waals surface area contributed by atoms with E-state index in [1.165, 1.54) is 0 Å². The van der Waals surface area contributed by atoms with E-state index in [-0.39, 0.29) is 11.9 Å². The second-order valence-electron chi connectivity index (χ2n) is 4.83. The summed E-state index contributed by atoms with van der Waals surface area (Å²) in [5, 5.41) is 11.5. The number of carbonyl (C=O) groups excluding carboxylic acids is 1. The van der Waals surface area contributed by atoms with Crippen LogP contribution in [0.3, 0.4) is 0 Å². The lowest BCUT2D eigenvalue weighted by molar-refractivity contribution is -0.122. The van der Waals surface area contributed by atoms with Crippen molar-refractivity contribution in [3.05, 3.63) is 35.9 Å². The molecule has 2 heterocycles. The molecule has 0 aromatic carbocycles. The summed E-state index contributed by atoms with van der Waals surface area (Å²) in [5.41, 5.74) is 1.95. The molecule has 6 nitrogen and oxygen atoms in total. The summed E-state index contributed by atoms with van der Waals surface area (Å²) < 4.78 is 3.68. The van der Waals surface area contributed by atoms with E-state index in [4.69, 9.17) is 0 Å². The second kappa shape index (κ2) is 6.36. The van der Waals surface area contributed by atoms with E-state index in [2.05, 4.69) is 15.5 Å². The lowest BCUT2D eigenvalue weighted by atomic mass is 10.2. The highest BCUT2D eigenvalue weighted by atomic mass is 16.1. The predicted octanol–water partition coefficient (Wildman–Crippen LogP) is 1.68. The highest BCUT2D eigenvalue weighted by Crippen LogP contribution is 2.09. The van der Waals surface area contributed by atoms with Crippen LogP contribution in [0.4, 0.5) is 0 Å². The Morgan fingerprint density at radius 1 is 1.45 bits per heavy atom. The summed E-state index contributed by atoms with van der Waals surface area (Å²) in [6.07, 6.45) is 4.08. The third-order valence-electron chi connectivity index (χ3n) is 3.29. The van der Waals surface area contributed by atoms with Gasteiger partial charge in [0.1, 0.15) is 0 Å². The van der Waals surface area contributed by atoms with Gasteiger partial charge in [-0.3, -0.25) is 14.2 Å². The third kappa shape index (κ3) is 3.46. The van der Waals surface area contributed by atoms with Crippen LogP contribution in [0.1, 0.15) is 37.7 Å². The van der Waals surface area contributed by atoms with Crippen molar-refractivity contribution in [1.82, 2.24) is 24.9 Å². The van der Waals surface area contributed by atoms with Crippen LogP contribution in [0, 0.1) is 6.92 Å². The van der Waals surface area contributed by atoms with Gasteiger partial charge in [0, 0.05) is 37.6 Å². The molecule has 0 fully saturated rings. The summed E-state index contributed by atoms with van der Waals surface area (Å²) in [6.45, 7) is 7.39. The molecule has 6 heteroatoms. The Kier molecular flexibility index (Phi) is 4.55. The zero-order chi connectivity index (χ0) is 14.5. The number of hydrogen-bond donors (Lipinski definition) is 1.